The lowest BCUT2D eigenvalue weighted by atomic mass is 10.1. The van der Waals surface area contributed by atoms with Crippen LogP contribution in [0.4, 0.5) is 5.82 Å². The molecule has 3 aromatic rings. The summed E-state index contributed by atoms with van der Waals surface area (Å²) in [6, 6.07) is 19.0. The average Bonchev–Trinajstić information content (AvgIpc) is 2.77. The van der Waals surface area contributed by atoms with Gasteiger partial charge in [-0.1, -0.05) is 46.3 Å². The van der Waals surface area contributed by atoms with Gasteiger partial charge in [0.2, 0.25) is 0 Å². The smallest absolute Gasteiger partial charge is 0.366 e. The van der Waals surface area contributed by atoms with Gasteiger partial charge in [0.15, 0.2) is 11.5 Å². The molecule has 0 atom stereocenters. The standard InChI is InChI=1S/C23H22BrN3O4/c1-3-27(22-12-10-20(25-26-22)23(29)31-16(2)28)14-18-13-19(24)9-11-21(18)30-15-17-7-5-4-6-8-17/h4-13H,3,14-15H2,1-2H3. The van der Waals surface area contributed by atoms with Crippen molar-refractivity contribution in [1.29, 1.82) is 0 Å². The highest BCUT2D eigenvalue weighted by Crippen LogP contribution is 2.27. The maximum absolute atomic E-state index is 11.8. The van der Waals surface area contributed by atoms with Crippen LogP contribution in [0, 0.1) is 0 Å². The molecule has 3 rings (SSSR count). The molecule has 0 aliphatic rings. The summed E-state index contributed by atoms with van der Waals surface area (Å²) in [6.45, 7) is 4.83. The van der Waals surface area contributed by atoms with Gasteiger partial charge in [-0.05, 0) is 42.8 Å². The van der Waals surface area contributed by atoms with E-state index in [1.165, 1.54) is 6.07 Å². The third-order valence-corrected chi connectivity index (χ3v) is 4.92. The maximum atomic E-state index is 11.8. The molecule has 0 saturated carbocycles. The molecule has 7 nitrogen and oxygen atoms in total. The molecular formula is C23H22BrN3O4. The van der Waals surface area contributed by atoms with Crippen molar-refractivity contribution in [3.8, 4) is 5.75 Å². The average molecular weight is 484 g/mol. The molecule has 0 aliphatic carbocycles. The lowest BCUT2D eigenvalue weighted by Crippen LogP contribution is -2.24. The number of carbonyl (C=O) groups is 2. The normalized spacial score (nSPS) is 10.4. The van der Waals surface area contributed by atoms with Crippen LogP contribution in [-0.4, -0.2) is 28.7 Å². The summed E-state index contributed by atoms with van der Waals surface area (Å²) < 4.78 is 11.5. The minimum atomic E-state index is -0.821. The lowest BCUT2D eigenvalue weighted by Gasteiger charge is -2.23. The molecule has 0 amide bonds. The van der Waals surface area contributed by atoms with Crippen molar-refractivity contribution in [3.05, 3.63) is 82.0 Å². The van der Waals surface area contributed by atoms with Crippen LogP contribution in [0.15, 0.2) is 65.1 Å². The van der Waals surface area contributed by atoms with Gasteiger partial charge in [0.1, 0.15) is 12.4 Å². The van der Waals surface area contributed by atoms with Crippen LogP contribution in [0.2, 0.25) is 0 Å². The molecular weight excluding hydrogens is 462 g/mol. The number of halogens is 1. The van der Waals surface area contributed by atoms with E-state index >= 15 is 0 Å². The molecule has 0 spiro atoms. The molecule has 2 aromatic carbocycles. The number of benzene rings is 2. The summed E-state index contributed by atoms with van der Waals surface area (Å²) in [5.74, 6) is -0.141. The van der Waals surface area contributed by atoms with Crippen molar-refractivity contribution >= 4 is 33.7 Å². The Bertz CT molecular complexity index is 1040. The highest BCUT2D eigenvalue weighted by atomic mass is 79.9. The summed E-state index contributed by atoms with van der Waals surface area (Å²) in [5, 5.41) is 8.03. The molecule has 0 radical (unpaired) electrons. The number of nitrogens with zero attached hydrogens (tertiary/aromatic N) is 3. The number of hydrogen-bond donors (Lipinski definition) is 0. The maximum Gasteiger partial charge on any atom is 0.366 e. The third kappa shape index (κ3) is 6.36. The van der Waals surface area contributed by atoms with Crippen LogP contribution in [0.3, 0.4) is 0 Å². The summed E-state index contributed by atoms with van der Waals surface area (Å²) in [6.07, 6.45) is 0. The summed E-state index contributed by atoms with van der Waals surface area (Å²) in [7, 11) is 0. The largest absolute Gasteiger partial charge is 0.489 e. The fourth-order valence-corrected chi connectivity index (χ4v) is 3.30. The zero-order chi connectivity index (χ0) is 22.2. The number of carbonyl (C=O) groups excluding carboxylic acids is 2. The molecule has 160 valence electrons. The quantitative estimate of drug-likeness (QED) is 0.343. The second-order valence-electron chi connectivity index (χ2n) is 6.70. The van der Waals surface area contributed by atoms with Gasteiger partial charge in [-0.2, -0.15) is 0 Å². The van der Waals surface area contributed by atoms with E-state index in [-0.39, 0.29) is 5.69 Å². The number of esters is 2. The SMILES string of the molecule is CCN(Cc1cc(Br)ccc1OCc1ccccc1)c1ccc(C(=O)OC(C)=O)nn1. The number of ether oxygens (including phenoxy) is 2. The molecule has 0 unspecified atom stereocenters. The predicted octanol–water partition coefficient (Wildman–Crippen LogP) is 4.55. The van der Waals surface area contributed by atoms with Crippen molar-refractivity contribution in [1.82, 2.24) is 10.2 Å². The Morgan fingerprint density at radius 3 is 2.45 bits per heavy atom. The van der Waals surface area contributed by atoms with Crippen molar-refractivity contribution < 1.29 is 19.1 Å². The van der Waals surface area contributed by atoms with Gasteiger partial charge < -0.3 is 14.4 Å². The topological polar surface area (TPSA) is 81.6 Å². The summed E-state index contributed by atoms with van der Waals surface area (Å²) >= 11 is 3.52. The second-order valence-corrected chi connectivity index (χ2v) is 7.61. The minimum Gasteiger partial charge on any atom is -0.489 e. The summed E-state index contributed by atoms with van der Waals surface area (Å²) in [5.41, 5.74) is 2.04. The van der Waals surface area contributed by atoms with E-state index in [1.54, 1.807) is 6.07 Å². The van der Waals surface area contributed by atoms with Crippen molar-refractivity contribution in [2.24, 2.45) is 0 Å². The van der Waals surface area contributed by atoms with Crippen LogP contribution in [0.25, 0.3) is 0 Å². The Morgan fingerprint density at radius 2 is 1.81 bits per heavy atom. The van der Waals surface area contributed by atoms with E-state index in [4.69, 9.17) is 4.74 Å². The first-order valence-electron chi connectivity index (χ1n) is 9.73. The number of aromatic nitrogens is 2. The van der Waals surface area contributed by atoms with E-state index in [9.17, 15) is 9.59 Å². The fraction of sp³-hybridized carbons (Fsp3) is 0.217. The number of rotatable bonds is 8. The van der Waals surface area contributed by atoms with Crippen molar-refractivity contribution in [3.63, 3.8) is 0 Å². The molecule has 0 saturated heterocycles. The van der Waals surface area contributed by atoms with E-state index in [0.29, 0.717) is 25.5 Å². The van der Waals surface area contributed by atoms with Gasteiger partial charge >= 0.3 is 11.9 Å². The van der Waals surface area contributed by atoms with Crippen molar-refractivity contribution in [2.45, 2.75) is 27.0 Å². The molecule has 8 heteroatoms. The molecule has 0 aliphatic heterocycles. The van der Waals surface area contributed by atoms with E-state index in [2.05, 4.69) is 30.9 Å². The van der Waals surface area contributed by atoms with Crippen LogP contribution in [0.1, 0.15) is 35.5 Å². The summed E-state index contributed by atoms with van der Waals surface area (Å²) in [4.78, 5) is 24.7. The van der Waals surface area contributed by atoms with Gasteiger partial charge in [0, 0.05) is 30.0 Å². The lowest BCUT2D eigenvalue weighted by molar-refractivity contribution is -0.135. The minimum absolute atomic E-state index is 0.0238. The van der Waals surface area contributed by atoms with Gasteiger partial charge in [-0.15, -0.1) is 10.2 Å². The monoisotopic (exact) mass is 483 g/mol. The number of hydrogen-bond acceptors (Lipinski definition) is 7. The Hall–Kier alpha value is -3.26. The Balaban J connectivity index is 1.75. The highest BCUT2D eigenvalue weighted by Gasteiger charge is 2.16. The molecule has 0 bridgehead atoms. The van der Waals surface area contributed by atoms with Crippen LogP contribution < -0.4 is 9.64 Å². The van der Waals surface area contributed by atoms with Gasteiger partial charge in [0.25, 0.3) is 0 Å². The van der Waals surface area contributed by atoms with Crippen LogP contribution in [-0.2, 0) is 22.7 Å². The number of anilines is 1. The molecule has 0 N–H and O–H groups in total. The zero-order valence-corrected chi connectivity index (χ0v) is 18.8. The third-order valence-electron chi connectivity index (χ3n) is 4.42. The first-order chi connectivity index (χ1) is 15.0. The van der Waals surface area contributed by atoms with Gasteiger partial charge in [0.05, 0.1) is 0 Å². The van der Waals surface area contributed by atoms with E-state index in [1.807, 2.05) is 60.4 Å². The van der Waals surface area contributed by atoms with Crippen molar-refractivity contribution in [2.75, 3.05) is 11.4 Å². The first-order valence-corrected chi connectivity index (χ1v) is 10.5. The van der Waals surface area contributed by atoms with E-state index < -0.39 is 11.9 Å². The predicted molar refractivity (Wildman–Crippen MR) is 120 cm³/mol. The van der Waals surface area contributed by atoms with Gasteiger partial charge in [-0.3, -0.25) is 4.79 Å². The molecule has 0 fully saturated rings. The Morgan fingerprint density at radius 1 is 1.03 bits per heavy atom. The van der Waals surface area contributed by atoms with Crippen LogP contribution in [0.5, 0.6) is 5.75 Å². The van der Waals surface area contributed by atoms with Crippen LogP contribution >= 0.6 is 15.9 Å². The highest BCUT2D eigenvalue weighted by molar-refractivity contribution is 9.10. The second kappa shape index (κ2) is 10.7. The Kier molecular flexibility index (Phi) is 7.72. The molecule has 1 aromatic heterocycles. The fourth-order valence-electron chi connectivity index (χ4n) is 2.89. The van der Waals surface area contributed by atoms with Gasteiger partial charge in [-0.25, -0.2) is 4.79 Å². The molecule has 1 heterocycles. The zero-order valence-electron chi connectivity index (χ0n) is 17.2. The Labute approximate surface area is 189 Å². The first kappa shape index (κ1) is 22.4. The molecule has 31 heavy (non-hydrogen) atoms. The van der Waals surface area contributed by atoms with E-state index in [0.717, 1.165) is 28.3 Å².